The maximum Gasteiger partial charge on any atom is 0.241 e. The number of carbonyl (C=O) groups is 1. The quantitative estimate of drug-likeness (QED) is 0.737. The number of amides is 1. The Bertz CT molecular complexity index is 338. The Labute approximate surface area is 124 Å². The van der Waals surface area contributed by atoms with Crippen LogP contribution in [0.2, 0.25) is 0 Å². The second-order valence-electron chi connectivity index (χ2n) is 7.05. The predicted octanol–water partition coefficient (Wildman–Crippen LogP) is 3.54. The first-order valence-electron chi connectivity index (χ1n) is 8.63. The molecule has 1 amide bonds. The van der Waals surface area contributed by atoms with Gasteiger partial charge >= 0.3 is 0 Å². The molecule has 116 valence electrons. The van der Waals surface area contributed by atoms with E-state index in [2.05, 4.69) is 37.9 Å². The summed E-state index contributed by atoms with van der Waals surface area (Å²) in [6.45, 7) is 9.83. The Morgan fingerprint density at radius 3 is 2.50 bits per heavy atom. The van der Waals surface area contributed by atoms with Crippen LogP contribution in [0.1, 0.15) is 72.6 Å². The maximum atomic E-state index is 12.8. The summed E-state index contributed by atoms with van der Waals surface area (Å²) in [5.74, 6) is 0.799. The summed E-state index contributed by atoms with van der Waals surface area (Å²) in [6, 6.07) is 0.0500. The molecule has 1 N–H and O–H groups in total. The van der Waals surface area contributed by atoms with Gasteiger partial charge in [0.15, 0.2) is 0 Å². The molecule has 3 heteroatoms. The number of carbonyl (C=O) groups excluding carboxylic acids is 1. The molecule has 1 saturated heterocycles. The first kappa shape index (κ1) is 15.8. The molecule has 2 rings (SSSR count). The second-order valence-corrected chi connectivity index (χ2v) is 7.05. The zero-order chi connectivity index (χ0) is 14.8. The highest BCUT2D eigenvalue weighted by Gasteiger charge is 2.48. The molecule has 3 nitrogen and oxygen atoms in total. The van der Waals surface area contributed by atoms with Gasteiger partial charge in [0.1, 0.15) is 0 Å². The lowest BCUT2D eigenvalue weighted by Crippen LogP contribution is -2.41. The van der Waals surface area contributed by atoms with Crippen LogP contribution in [0.15, 0.2) is 0 Å². The van der Waals surface area contributed by atoms with Gasteiger partial charge in [0.05, 0.1) is 12.2 Å². The van der Waals surface area contributed by atoms with Gasteiger partial charge in [-0.05, 0) is 37.0 Å². The third-order valence-corrected chi connectivity index (χ3v) is 5.32. The lowest BCUT2D eigenvalue weighted by Gasteiger charge is -2.28. The SMILES string of the molecule is CCCC1NC(C(C)CC)C(=O)N1CC1(CCC)CC1. The molecule has 1 saturated carbocycles. The first-order valence-corrected chi connectivity index (χ1v) is 8.63. The van der Waals surface area contributed by atoms with Gasteiger partial charge < -0.3 is 4.90 Å². The lowest BCUT2D eigenvalue weighted by molar-refractivity contribution is -0.131. The molecular formula is C17H32N2O. The van der Waals surface area contributed by atoms with E-state index in [0.29, 0.717) is 17.2 Å². The van der Waals surface area contributed by atoms with E-state index in [1.54, 1.807) is 0 Å². The van der Waals surface area contributed by atoms with Crippen molar-refractivity contribution in [2.45, 2.75) is 84.8 Å². The zero-order valence-corrected chi connectivity index (χ0v) is 13.7. The standard InChI is InChI=1S/C17H32N2O/c1-5-8-14-18-15(13(4)7-3)16(20)19(14)12-17(9-6-2)10-11-17/h13-15,18H,5-12H2,1-4H3. The first-order chi connectivity index (χ1) is 9.56. The van der Waals surface area contributed by atoms with E-state index in [1.807, 2.05) is 0 Å². The maximum absolute atomic E-state index is 12.8. The topological polar surface area (TPSA) is 32.3 Å². The second kappa shape index (κ2) is 6.46. The zero-order valence-electron chi connectivity index (χ0n) is 13.7. The number of nitrogens with one attached hydrogen (secondary N) is 1. The van der Waals surface area contributed by atoms with E-state index in [4.69, 9.17) is 0 Å². The predicted molar refractivity (Wildman–Crippen MR) is 83.4 cm³/mol. The van der Waals surface area contributed by atoms with Crippen molar-refractivity contribution in [1.82, 2.24) is 10.2 Å². The van der Waals surface area contributed by atoms with E-state index in [-0.39, 0.29) is 12.2 Å². The monoisotopic (exact) mass is 280 g/mol. The molecule has 0 bridgehead atoms. The minimum absolute atomic E-state index is 0.0500. The van der Waals surface area contributed by atoms with Crippen molar-refractivity contribution < 1.29 is 4.79 Å². The van der Waals surface area contributed by atoms with E-state index in [0.717, 1.165) is 25.8 Å². The summed E-state index contributed by atoms with van der Waals surface area (Å²) < 4.78 is 0. The van der Waals surface area contributed by atoms with Gasteiger partial charge in [-0.2, -0.15) is 0 Å². The fourth-order valence-electron chi connectivity index (χ4n) is 3.60. The fourth-order valence-corrected chi connectivity index (χ4v) is 3.60. The largest absolute Gasteiger partial charge is 0.325 e. The number of nitrogens with zero attached hydrogens (tertiary/aromatic N) is 1. The fraction of sp³-hybridized carbons (Fsp3) is 0.941. The Morgan fingerprint density at radius 2 is 2.00 bits per heavy atom. The van der Waals surface area contributed by atoms with Crippen molar-refractivity contribution in [3.63, 3.8) is 0 Å². The molecule has 1 aliphatic heterocycles. The van der Waals surface area contributed by atoms with Crippen LogP contribution in [0.3, 0.4) is 0 Å². The summed E-state index contributed by atoms with van der Waals surface area (Å²) in [4.78, 5) is 14.9. The molecule has 3 atom stereocenters. The van der Waals surface area contributed by atoms with Crippen LogP contribution >= 0.6 is 0 Å². The van der Waals surface area contributed by atoms with Crippen LogP contribution in [0.25, 0.3) is 0 Å². The van der Waals surface area contributed by atoms with Gasteiger partial charge in [-0.1, -0.05) is 47.0 Å². The van der Waals surface area contributed by atoms with Crippen molar-refractivity contribution in [1.29, 1.82) is 0 Å². The highest BCUT2D eigenvalue weighted by molar-refractivity contribution is 5.84. The average molecular weight is 280 g/mol. The van der Waals surface area contributed by atoms with E-state index in [1.165, 1.54) is 25.7 Å². The average Bonchev–Trinajstić information content (AvgIpc) is 3.13. The molecule has 20 heavy (non-hydrogen) atoms. The van der Waals surface area contributed by atoms with Crippen LogP contribution in [0.4, 0.5) is 0 Å². The molecule has 2 fully saturated rings. The third-order valence-electron chi connectivity index (χ3n) is 5.32. The van der Waals surface area contributed by atoms with E-state index in [9.17, 15) is 4.79 Å². The minimum atomic E-state index is 0.0500. The summed E-state index contributed by atoms with van der Waals surface area (Å²) in [5.41, 5.74) is 0.461. The smallest absolute Gasteiger partial charge is 0.241 e. The minimum Gasteiger partial charge on any atom is -0.325 e. The summed E-state index contributed by atoms with van der Waals surface area (Å²) in [7, 11) is 0. The Hall–Kier alpha value is -0.570. The van der Waals surface area contributed by atoms with Gasteiger partial charge in [0.2, 0.25) is 5.91 Å². The summed E-state index contributed by atoms with van der Waals surface area (Å²) in [6.07, 6.45) is 8.72. The van der Waals surface area contributed by atoms with Crippen molar-refractivity contribution in [2.75, 3.05) is 6.54 Å². The van der Waals surface area contributed by atoms with Gasteiger partial charge in [-0.25, -0.2) is 0 Å². The molecule has 0 spiro atoms. The van der Waals surface area contributed by atoms with Crippen molar-refractivity contribution in [3.05, 3.63) is 0 Å². The number of hydrogen-bond acceptors (Lipinski definition) is 2. The highest BCUT2D eigenvalue weighted by Crippen LogP contribution is 2.50. The Morgan fingerprint density at radius 1 is 1.30 bits per heavy atom. The molecule has 0 aromatic rings. The van der Waals surface area contributed by atoms with Gasteiger partial charge in [-0.3, -0.25) is 10.1 Å². The molecule has 0 aromatic carbocycles. The lowest BCUT2D eigenvalue weighted by atomic mass is 9.97. The number of rotatable bonds is 8. The van der Waals surface area contributed by atoms with Gasteiger partial charge in [0, 0.05) is 6.54 Å². The van der Waals surface area contributed by atoms with Crippen LogP contribution in [0, 0.1) is 11.3 Å². The molecule has 3 unspecified atom stereocenters. The van der Waals surface area contributed by atoms with Crippen LogP contribution in [-0.2, 0) is 4.79 Å². The van der Waals surface area contributed by atoms with Crippen LogP contribution in [0.5, 0.6) is 0 Å². The Balaban J connectivity index is 2.05. The molecule has 0 aromatic heterocycles. The van der Waals surface area contributed by atoms with E-state index < -0.39 is 0 Å². The number of hydrogen-bond donors (Lipinski definition) is 1. The van der Waals surface area contributed by atoms with Gasteiger partial charge in [0.25, 0.3) is 0 Å². The molecule has 1 aliphatic carbocycles. The van der Waals surface area contributed by atoms with Crippen molar-refractivity contribution >= 4 is 5.91 Å². The van der Waals surface area contributed by atoms with E-state index >= 15 is 0 Å². The van der Waals surface area contributed by atoms with Gasteiger partial charge in [-0.15, -0.1) is 0 Å². The third kappa shape index (κ3) is 3.19. The summed E-state index contributed by atoms with van der Waals surface area (Å²) in [5, 5.41) is 3.61. The molecule has 0 radical (unpaired) electrons. The normalized spacial score (nSPS) is 29.8. The molecular weight excluding hydrogens is 248 g/mol. The van der Waals surface area contributed by atoms with Crippen molar-refractivity contribution in [3.8, 4) is 0 Å². The molecule has 2 aliphatic rings. The highest BCUT2D eigenvalue weighted by atomic mass is 16.2. The molecule has 1 heterocycles. The summed E-state index contributed by atoms with van der Waals surface area (Å²) >= 11 is 0. The van der Waals surface area contributed by atoms with Crippen molar-refractivity contribution in [2.24, 2.45) is 11.3 Å². The van der Waals surface area contributed by atoms with Crippen LogP contribution in [-0.4, -0.2) is 29.6 Å². The van der Waals surface area contributed by atoms with Crippen LogP contribution < -0.4 is 5.32 Å². The Kier molecular flexibility index (Phi) is 5.11.